The predicted octanol–water partition coefficient (Wildman–Crippen LogP) is 3.96. The van der Waals surface area contributed by atoms with Crippen LogP contribution >= 0.6 is 0 Å². The third-order valence-electron chi connectivity index (χ3n) is 7.01. The summed E-state index contributed by atoms with van der Waals surface area (Å²) >= 11 is 0. The second kappa shape index (κ2) is 7.71. The summed E-state index contributed by atoms with van der Waals surface area (Å²) in [6.45, 7) is 15.1. The largest absolute Gasteiger partial charge is 0.473 e. The minimum atomic E-state index is 0.271. The Labute approximate surface area is 174 Å². The molecule has 2 aliphatic rings. The van der Waals surface area contributed by atoms with Crippen LogP contribution in [0.1, 0.15) is 46.2 Å². The van der Waals surface area contributed by atoms with Crippen LogP contribution in [0, 0.1) is 30.1 Å². The summed E-state index contributed by atoms with van der Waals surface area (Å²) in [7, 11) is 1.92. The van der Waals surface area contributed by atoms with Gasteiger partial charge in [-0.25, -0.2) is 0 Å². The lowest BCUT2D eigenvalue weighted by Crippen LogP contribution is -2.33. The van der Waals surface area contributed by atoms with E-state index in [-0.39, 0.29) is 6.10 Å². The highest BCUT2D eigenvalue weighted by Crippen LogP contribution is 2.40. The first-order valence-corrected chi connectivity index (χ1v) is 10.9. The number of hydrogen-bond donors (Lipinski definition) is 0. The monoisotopic (exact) mass is 397 g/mol. The molecule has 6 nitrogen and oxygen atoms in total. The second-order valence-electron chi connectivity index (χ2n) is 10.3. The summed E-state index contributed by atoms with van der Waals surface area (Å²) in [6, 6.07) is 3.93. The van der Waals surface area contributed by atoms with Crippen molar-refractivity contribution in [2.75, 3.05) is 19.6 Å². The maximum atomic E-state index is 6.20. The van der Waals surface area contributed by atoms with Crippen LogP contribution in [0.3, 0.4) is 0 Å². The van der Waals surface area contributed by atoms with Gasteiger partial charge < -0.3 is 9.64 Å². The molecule has 4 rings (SSSR count). The lowest BCUT2D eigenvalue weighted by molar-refractivity contribution is 0.153. The van der Waals surface area contributed by atoms with Crippen molar-refractivity contribution in [1.29, 1.82) is 0 Å². The minimum absolute atomic E-state index is 0.271. The standard InChI is InChI=1S/C23H35N5O/c1-15(23(3,4)5)11-28-12-17-9-19(10-18(17)13-28)29-22-8-7-21(24-25-22)20-14-27(6)26-16(20)2/h7-8,14-15,17-19H,9-13H2,1-6H3/t15?,17-,18?,19-/m1/s1. The van der Waals surface area contributed by atoms with Crippen LogP contribution in [0.5, 0.6) is 5.88 Å². The van der Waals surface area contributed by atoms with Crippen molar-refractivity contribution < 1.29 is 4.74 Å². The Morgan fingerprint density at radius 1 is 1.14 bits per heavy atom. The lowest BCUT2D eigenvalue weighted by atomic mass is 9.82. The van der Waals surface area contributed by atoms with Crippen LogP contribution in [0.15, 0.2) is 18.3 Å². The Bertz CT molecular complexity index is 824. The van der Waals surface area contributed by atoms with E-state index >= 15 is 0 Å². The number of fused-ring (bicyclic) bond motifs is 1. The molecule has 0 bridgehead atoms. The van der Waals surface area contributed by atoms with Gasteiger partial charge in [0.05, 0.1) is 11.4 Å². The summed E-state index contributed by atoms with van der Waals surface area (Å²) in [4.78, 5) is 2.67. The Hall–Kier alpha value is -1.95. The zero-order valence-electron chi connectivity index (χ0n) is 18.7. The van der Waals surface area contributed by atoms with Gasteiger partial charge in [0.2, 0.25) is 5.88 Å². The summed E-state index contributed by atoms with van der Waals surface area (Å²) in [5.74, 6) is 2.87. The van der Waals surface area contributed by atoms with Gasteiger partial charge in [-0.15, -0.1) is 10.2 Å². The smallest absolute Gasteiger partial charge is 0.233 e. The number of hydrogen-bond acceptors (Lipinski definition) is 5. The molecule has 2 aromatic rings. The first-order chi connectivity index (χ1) is 13.7. The molecule has 1 saturated carbocycles. The fraction of sp³-hybridized carbons (Fsp3) is 0.696. The van der Waals surface area contributed by atoms with E-state index in [1.165, 1.54) is 19.6 Å². The van der Waals surface area contributed by atoms with Crippen molar-refractivity contribution in [3.05, 3.63) is 24.0 Å². The van der Waals surface area contributed by atoms with E-state index in [2.05, 4.69) is 47.9 Å². The molecule has 2 unspecified atom stereocenters. The van der Waals surface area contributed by atoms with Crippen LogP contribution in [0.4, 0.5) is 0 Å². The van der Waals surface area contributed by atoms with Crippen LogP contribution < -0.4 is 4.74 Å². The molecule has 0 radical (unpaired) electrons. The summed E-state index contributed by atoms with van der Waals surface area (Å²) < 4.78 is 8.00. The average Bonchev–Trinajstić information content (AvgIpc) is 3.27. The molecule has 1 saturated heterocycles. The van der Waals surface area contributed by atoms with Crippen molar-refractivity contribution in [1.82, 2.24) is 24.9 Å². The van der Waals surface area contributed by atoms with Crippen molar-refractivity contribution in [2.24, 2.45) is 30.2 Å². The number of aryl methyl sites for hydroxylation is 2. The van der Waals surface area contributed by atoms with Crippen LogP contribution in [-0.2, 0) is 7.05 Å². The molecule has 2 fully saturated rings. The number of likely N-dealkylation sites (tertiary alicyclic amines) is 1. The third-order valence-corrected chi connectivity index (χ3v) is 7.01. The molecule has 158 valence electrons. The number of rotatable bonds is 5. The van der Waals surface area contributed by atoms with E-state index in [0.717, 1.165) is 41.6 Å². The Balaban J connectivity index is 1.30. The van der Waals surface area contributed by atoms with Crippen LogP contribution in [0.25, 0.3) is 11.3 Å². The summed E-state index contributed by atoms with van der Waals surface area (Å²) in [5.41, 5.74) is 3.20. The van der Waals surface area contributed by atoms with Gasteiger partial charge in [0.25, 0.3) is 0 Å². The van der Waals surface area contributed by atoms with Gasteiger partial charge in [0.1, 0.15) is 6.10 Å². The fourth-order valence-corrected chi connectivity index (χ4v) is 4.80. The molecule has 3 heterocycles. The molecular formula is C23H35N5O. The predicted molar refractivity (Wildman–Crippen MR) is 115 cm³/mol. The molecule has 0 amide bonds. The zero-order chi connectivity index (χ0) is 20.8. The molecule has 0 aromatic carbocycles. The molecular weight excluding hydrogens is 362 g/mol. The molecule has 2 aromatic heterocycles. The Kier molecular flexibility index (Phi) is 5.40. The zero-order valence-corrected chi connectivity index (χ0v) is 18.7. The van der Waals surface area contributed by atoms with Gasteiger partial charge in [0, 0.05) is 44.5 Å². The number of aromatic nitrogens is 4. The van der Waals surface area contributed by atoms with Gasteiger partial charge in [-0.05, 0) is 49.0 Å². The third kappa shape index (κ3) is 4.47. The van der Waals surface area contributed by atoms with E-state index in [1.807, 2.05) is 32.3 Å². The van der Waals surface area contributed by atoms with Crippen molar-refractivity contribution in [3.63, 3.8) is 0 Å². The lowest BCUT2D eigenvalue weighted by Gasteiger charge is -2.31. The fourth-order valence-electron chi connectivity index (χ4n) is 4.80. The topological polar surface area (TPSA) is 56.1 Å². The molecule has 0 spiro atoms. The molecule has 1 aliphatic heterocycles. The summed E-state index contributed by atoms with van der Waals surface area (Å²) in [5, 5.41) is 13.1. The minimum Gasteiger partial charge on any atom is -0.473 e. The van der Waals surface area contributed by atoms with Crippen LogP contribution in [0.2, 0.25) is 0 Å². The van der Waals surface area contributed by atoms with E-state index < -0.39 is 0 Å². The average molecular weight is 398 g/mol. The molecule has 4 atom stereocenters. The van der Waals surface area contributed by atoms with Crippen LogP contribution in [-0.4, -0.2) is 50.6 Å². The second-order valence-corrected chi connectivity index (χ2v) is 10.3. The van der Waals surface area contributed by atoms with Gasteiger partial charge in [-0.2, -0.15) is 5.10 Å². The molecule has 0 N–H and O–H groups in total. The van der Waals surface area contributed by atoms with E-state index in [0.29, 0.717) is 17.2 Å². The first kappa shape index (κ1) is 20.3. The quantitative estimate of drug-likeness (QED) is 0.764. The molecule has 1 aliphatic carbocycles. The highest BCUT2D eigenvalue weighted by molar-refractivity contribution is 5.60. The van der Waals surface area contributed by atoms with Gasteiger partial charge >= 0.3 is 0 Å². The van der Waals surface area contributed by atoms with Gasteiger partial charge in [-0.3, -0.25) is 4.68 Å². The van der Waals surface area contributed by atoms with Crippen molar-refractivity contribution in [3.8, 4) is 17.1 Å². The first-order valence-electron chi connectivity index (χ1n) is 10.9. The van der Waals surface area contributed by atoms with Gasteiger partial charge in [0.15, 0.2) is 0 Å². The molecule has 29 heavy (non-hydrogen) atoms. The maximum Gasteiger partial charge on any atom is 0.233 e. The van der Waals surface area contributed by atoms with E-state index in [1.54, 1.807) is 4.68 Å². The number of nitrogens with zero attached hydrogens (tertiary/aromatic N) is 5. The number of ether oxygens (including phenoxy) is 1. The van der Waals surface area contributed by atoms with Crippen molar-refractivity contribution in [2.45, 2.75) is 53.6 Å². The Morgan fingerprint density at radius 3 is 2.34 bits per heavy atom. The Morgan fingerprint density at radius 2 is 1.83 bits per heavy atom. The van der Waals surface area contributed by atoms with E-state index in [9.17, 15) is 0 Å². The molecule has 6 heteroatoms. The maximum absolute atomic E-state index is 6.20. The highest BCUT2D eigenvalue weighted by Gasteiger charge is 2.42. The SMILES string of the molecule is Cc1nn(C)cc1-c1ccc(O[C@H]2CC3CN(CC(C)C(C)(C)C)C[C@H]3C2)nn1. The summed E-state index contributed by atoms with van der Waals surface area (Å²) in [6.07, 6.45) is 4.52. The van der Waals surface area contributed by atoms with Crippen molar-refractivity contribution >= 4 is 0 Å². The van der Waals surface area contributed by atoms with E-state index in [4.69, 9.17) is 4.74 Å². The van der Waals surface area contributed by atoms with Gasteiger partial charge in [-0.1, -0.05) is 27.7 Å². The highest BCUT2D eigenvalue weighted by atomic mass is 16.5. The normalized spacial score (nSPS) is 25.9.